The Morgan fingerprint density at radius 1 is 1.17 bits per heavy atom. The monoisotopic (exact) mass is 243 g/mol. The molecule has 0 aliphatic carbocycles. The van der Waals surface area contributed by atoms with Crippen LogP contribution in [0.2, 0.25) is 0 Å². The number of amides is 1. The summed E-state index contributed by atoms with van der Waals surface area (Å²) in [5.41, 5.74) is 0.448. The Kier molecular flexibility index (Phi) is 3.28. The summed E-state index contributed by atoms with van der Waals surface area (Å²) >= 11 is 0. The summed E-state index contributed by atoms with van der Waals surface area (Å²) in [7, 11) is 0. The molecule has 0 aliphatic heterocycles. The van der Waals surface area contributed by atoms with Crippen LogP contribution in [-0.2, 0) is 4.79 Å². The Labute approximate surface area is 104 Å². The third-order valence-electron chi connectivity index (χ3n) is 2.71. The molecule has 2 N–H and O–H groups in total. The van der Waals surface area contributed by atoms with E-state index in [9.17, 15) is 9.59 Å². The number of carbonyl (C=O) groups is 2. The van der Waals surface area contributed by atoms with Gasteiger partial charge < -0.3 is 10.4 Å². The quantitative estimate of drug-likeness (QED) is 0.871. The molecule has 0 fully saturated rings. The maximum Gasteiger partial charge on any atom is 0.337 e. The number of anilines is 1. The minimum atomic E-state index is -1.05. The zero-order valence-electron chi connectivity index (χ0n) is 9.93. The normalized spacial score (nSPS) is 10.3. The lowest BCUT2D eigenvalue weighted by Gasteiger charge is -2.09. The zero-order valence-corrected chi connectivity index (χ0v) is 9.93. The number of benzene rings is 2. The molecule has 0 aromatic heterocycles. The van der Waals surface area contributed by atoms with Crippen LogP contribution >= 0.6 is 0 Å². The van der Waals surface area contributed by atoms with Gasteiger partial charge in [0.05, 0.1) is 11.3 Å². The number of aromatic carboxylic acids is 1. The SMILES string of the molecule is CCC(=O)Nc1cc2ccccc2cc1C(=O)O. The molecule has 0 saturated heterocycles. The van der Waals surface area contributed by atoms with Crippen LogP contribution in [0.15, 0.2) is 36.4 Å². The van der Waals surface area contributed by atoms with E-state index in [4.69, 9.17) is 5.11 Å². The van der Waals surface area contributed by atoms with Crippen molar-refractivity contribution >= 4 is 28.3 Å². The summed E-state index contributed by atoms with van der Waals surface area (Å²) in [5.74, 6) is -1.25. The molecule has 1 amide bonds. The molecule has 18 heavy (non-hydrogen) atoms. The molecule has 0 bridgehead atoms. The van der Waals surface area contributed by atoms with Gasteiger partial charge in [-0.15, -0.1) is 0 Å². The van der Waals surface area contributed by atoms with E-state index in [0.717, 1.165) is 10.8 Å². The fourth-order valence-electron chi connectivity index (χ4n) is 1.76. The summed E-state index contributed by atoms with van der Waals surface area (Å²) in [6, 6.07) is 10.7. The molecule has 0 saturated carbocycles. The second-order valence-corrected chi connectivity index (χ2v) is 3.95. The molecule has 0 heterocycles. The molecule has 2 aromatic carbocycles. The Morgan fingerprint density at radius 2 is 1.78 bits per heavy atom. The number of carboxylic acids is 1. The van der Waals surface area contributed by atoms with Crippen molar-refractivity contribution in [2.24, 2.45) is 0 Å². The van der Waals surface area contributed by atoms with E-state index in [0.29, 0.717) is 12.1 Å². The Morgan fingerprint density at radius 3 is 2.33 bits per heavy atom. The van der Waals surface area contributed by atoms with Crippen LogP contribution in [0.1, 0.15) is 23.7 Å². The molecule has 0 spiro atoms. The average molecular weight is 243 g/mol. The number of hydrogen-bond donors (Lipinski definition) is 2. The van der Waals surface area contributed by atoms with Gasteiger partial charge in [-0.25, -0.2) is 4.79 Å². The highest BCUT2D eigenvalue weighted by molar-refractivity contribution is 6.05. The van der Waals surface area contributed by atoms with E-state index in [1.807, 2.05) is 24.3 Å². The third kappa shape index (κ3) is 2.32. The van der Waals surface area contributed by atoms with Crippen LogP contribution in [0.3, 0.4) is 0 Å². The van der Waals surface area contributed by atoms with Crippen molar-refractivity contribution in [1.82, 2.24) is 0 Å². The van der Waals surface area contributed by atoms with Crippen molar-refractivity contribution in [3.63, 3.8) is 0 Å². The number of fused-ring (bicyclic) bond motifs is 1. The molecule has 0 atom stereocenters. The predicted molar refractivity (Wildman–Crippen MR) is 69.8 cm³/mol. The van der Waals surface area contributed by atoms with Crippen molar-refractivity contribution in [2.75, 3.05) is 5.32 Å². The standard InChI is InChI=1S/C14H13NO3/c1-2-13(16)15-12-8-10-6-4-3-5-9(10)7-11(12)14(17)18/h3-8H,2H2,1H3,(H,15,16)(H,17,18). The smallest absolute Gasteiger partial charge is 0.337 e. The van der Waals surface area contributed by atoms with Gasteiger partial charge in [0.15, 0.2) is 0 Å². The fourth-order valence-corrected chi connectivity index (χ4v) is 1.76. The number of hydrogen-bond acceptors (Lipinski definition) is 2. The summed E-state index contributed by atoms with van der Waals surface area (Å²) in [6.07, 6.45) is 0.311. The highest BCUT2D eigenvalue weighted by Crippen LogP contribution is 2.24. The van der Waals surface area contributed by atoms with Gasteiger partial charge in [0.2, 0.25) is 5.91 Å². The predicted octanol–water partition coefficient (Wildman–Crippen LogP) is 2.89. The van der Waals surface area contributed by atoms with Gasteiger partial charge in [0, 0.05) is 6.42 Å². The molecule has 4 heteroatoms. The minimum Gasteiger partial charge on any atom is -0.478 e. The van der Waals surface area contributed by atoms with E-state index in [1.54, 1.807) is 19.1 Å². The lowest BCUT2D eigenvalue weighted by atomic mass is 10.0. The van der Waals surface area contributed by atoms with Gasteiger partial charge >= 0.3 is 5.97 Å². The number of nitrogens with one attached hydrogen (secondary N) is 1. The van der Waals surface area contributed by atoms with Crippen molar-refractivity contribution in [3.8, 4) is 0 Å². The van der Waals surface area contributed by atoms with Gasteiger partial charge in [0.1, 0.15) is 0 Å². The maximum atomic E-state index is 11.4. The molecule has 4 nitrogen and oxygen atoms in total. The van der Waals surface area contributed by atoms with E-state index in [-0.39, 0.29) is 11.5 Å². The van der Waals surface area contributed by atoms with Crippen LogP contribution in [0.4, 0.5) is 5.69 Å². The third-order valence-corrected chi connectivity index (χ3v) is 2.71. The summed E-state index contributed by atoms with van der Waals surface area (Å²) in [6.45, 7) is 1.72. The summed E-state index contributed by atoms with van der Waals surface area (Å²) in [5, 5.41) is 13.5. The Bertz CT molecular complexity index is 619. The number of carbonyl (C=O) groups excluding carboxylic acids is 1. The lowest BCUT2D eigenvalue weighted by molar-refractivity contribution is -0.115. The van der Waals surface area contributed by atoms with Crippen LogP contribution in [0.25, 0.3) is 10.8 Å². The second-order valence-electron chi connectivity index (χ2n) is 3.95. The highest BCUT2D eigenvalue weighted by atomic mass is 16.4. The molecule has 92 valence electrons. The van der Waals surface area contributed by atoms with Gasteiger partial charge in [-0.05, 0) is 22.9 Å². The zero-order chi connectivity index (χ0) is 13.1. The van der Waals surface area contributed by atoms with E-state index in [2.05, 4.69) is 5.32 Å². The molecule has 2 aromatic rings. The maximum absolute atomic E-state index is 11.4. The molecular weight excluding hydrogens is 230 g/mol. The van der Waals surface area contributed by atoms with Crippen molar-refractivity contribution in [3.05, 3.63) is 42.0 Å². The van der Waals surface area contributed by atoms with Crippen LogP contribution in [0.5, 0.6) is 0 Å². The Hall–Kier alpha value is -2.36. The summed E-state index contributed by atoms with van der Waals surface area (Å²) in [4.78, 5) is 22.6. The fraction of sp³-hybridized carbons (Fsp3) is 0.143. The van der Waals surface area contributed by atoms with E-state index >= 15 is 0 Å². The number of rotatable bonds is 3. The first-order valence-corrected chi connectivity index (χ1v) is 5.67. The molecule has 0 radical (unpaired) electrons. The average Bonchev–Trinajstić information content (AvgIpc) is 2.37. The van der Waals surface area contributed by atoms with Gasteiger partial charge in [-0.1, -0.05) is 31.2 Å². The molecule has 0 aliphatic rings. The second kappa shape index (κ2) is 4.87. The van der Waals surface area contributed by atoms with Crippen LogP contribution < -0.4 is 5.32 Å². The first-order chi connectivity index (χ1) is 8.61. The van der Waals surface area contributed by atoms with Crippen molar-refractivity contribution in [2.45, 2.75) is 13.3 Å². The van der Waals surface area contributed by atoms with Gasteiger partial charge in [0.25, 0.3) is 0 Å². The largest absolute Gasteiger partial charge is 0.478 e. The van der Waals surface area contributed by atoms with Crippen LogP contribution in [-0.4, -0.2) is 17.0 Å². The van der Waals surface area contributed by atoms with Gasteiger partial charge in [-0.3, -0.25) is 4.79 Å². The van der Waals surface area contributed by atoms with Crippen LogP contribution in [0, 0.1) is 0 Å². The topological polar surface area (TPSA) is 66.4 Å². The molecule has 0 unspecified atom stereocenters. The number of carboxylic acid groups (broad SMARTS) is 1. The summed E-state index contributed by atoms with van der Waals surface area (Å²) < 4.78 is 0. The van der Waals surface area contributed by atoms with Gasteiger partial charge in [-0.2, -0.15) is 0 Å². The first-order valence-electron chi connectivity index (χ1n) is 5.67. The molecular formula is C14H13NO3. The minimum absolute atomic E-state index is 0.107. The van der Waals surface area contributed by atoms with Crippen molar-refractivity contribution in [1.29, 1.82) is 0 Å². The molecule has 2 rings (SSSR count). The Balaban J connectivity index is 2.57. The van der Waals surface area contributed by atoms with Crippen molar-refractivity contribution < 1.29 is 14.7 Å². The first kappa shape index (κ1) is 12.1. The van der Waals surface area contributed by atoms with E-state index < -0.39 is 5.97 Å². The highest BCUT2D eigenvalue weighted by Gasteiger charge is 2.13. The lowest BCUT2D eigenvalue weighted by Crippen LogP contribution is -2.13. The van der Waals surface area contributed by atoms with E-state index in [1.165, 1.54) is 0 Å².